The first-order valence-corrected chi connectivity index (χ1v) is 6.98. The molecule has 0 saturated carbocycles. The molecule has 2 nitrogen and oxygen atoms in total. The Kier molecular flexibility index (Phi) is 3.51. The molecule has 20 heavy (non-hydrogen) atoms. The predicted molar refractivity (Wildman–Crippen MR) is 83.3 cm³/mol. The third kappa shape index (κ3) is 2.11. The standard InChI is InChI=1S/C17H16ClNO/c1-11-12(9-10-20-11)17(19-2)15-7-8-16(18)14-6-4-3-5-13(14)15/h3-10,17,19H,1-2H3. The summed E-state index contributed by atoms with van der Waals surface area (Å²) in [5.41, 5.74) is 2.36. The molecule has 3 aromatic rings. The lowest BCUT2D eigenvalue weighted by Gasteiger charge is -2.19. The summed E-state index contributed by atoms with van der Waals surface area (Å²) in [5, 5.41) is 6.39. The summed E-state index contributed by atoms with van der Waals surface area (Å²) in [5.74, 6) is 0.934. The maximum atomic E-state index is 6.29. The second-order valence-corrected chi connectivity index (χ2v) is 5.24. The molecule has 0 fully saturated rings. The third-order valence-corrected chi connectivity index (χ3v) is 4.04. The highest BCUT2D eigenvalue weighted by Gasteiger charge is 2.18. The Balaban J connectivity index is 2.23. The molecule has 3 rings (SSSR count). The van der Waals surface area contributed by atoms with Crippen LogP contribution in [0.3, 0.4) is 0 Å². The fourth-order valence-corrected chi connectivity index (χ4v) is 2.94. The van der Waals surface area contributed by atoms with E-state index < -0.39 is 0 Å². The first-order valence-electron chi connectivity index (χ1n) is 6.60. The van der Waals surface area contributed by atoms with Crippen LogP contribution in [0.4, 0.5) is 0 Å². The molecule has 1 unspecified atom stereocenters. The third-order valence-electron chi connectivity index (χ3n) is 3.71. The molecule has 0 aliphatic carbocycles. The van der Waals surface area contributed by atoms with Gasteiger partial charge in [-0.15, -0.1) is 0 Å². The highest BCUT2D eigenvalue weighted by Crippen LogP contribution is 2.33. The van der Waals surface area contributed by atoms with E-state index in [4.69, 9.17) is 16.0 Å². The Labute approximate surface area is 123 Å². The van der Waals surface area contributed by atoms with Crippen molar-refractivity contribution < 1.29 is 4.42 Å². The van der Waals surface area contributed by atoms with Gasteiger partial charge in [0.05, 0.1) is 12.3 Å². The number of rotatable bonds is 3. The summed E-state index contributed by atoms with van der Waals surface area (Å²) in [6.07, 6.45) is 1.73. The molecule has 0 spiro atoms. The molecule has 0 saturated heterocycles. The molecule has 102 valence electrons. The number of furan rings is 1. The van der Waals surface area contributed by atoms with E-state index in [-0.39, 0.29) is 6.04 Å². The van der Waals surface area contributed by atoms with Gasteiger partial charge in [0.25, 0.3) is 0 Å². The highest BCUT2D eigenvalue weighted by molar-refractivity contribution is 6.35. The van der Waals surface area contributed by atoms with Crippen LogP contribution in [-0.2, 0) is 0 Å². The van der Waals surface area contributed by atoms with Crippen molar-refractivity contribution in [3.05, 3.63) is 70.6 Å². The number of nitrogens with one attached hydrogen (secondary N) is 1. The minimum Gasteiger partial charge on any atom is -0.469 e. The van der Waals surface area contributed by atoms with Gasteiger partial charge >= 0.3 is 0 Å². The molecule has 2 aromatic carbocycles. The number of halogens is 1. The number of fused-ring (bicyclic) bond motifs is 1. The van der Waals surface area contributed by atoms with Crippen molar-refractivity contribution in [1.29, 1.82) is 0 Å². The van der Waals surface area contributed by atoms with Gasteiger partial charge < -0.3 is 9.73 Å². The highest BCUT2D eigenvalue weighted by atomic mass is 35.5. The maximum absolute atomic E-state index is 6.29. The summed E-state index contributed by atoms with van der Waals surface area (Å²) >= 11 is 6.29. The molecule has 1 heterocycles. The van der Waals surface area contributed by atoms with Crippen LogP contribution in [0, 0.1) is 6.92 Å². The lowest BCUT2D eigenvalue weighted by atomic mass is 9.94. The van der Waals surface area contributed by atoms with Gasteiger partial charge in [-0.05, 0) is 37.1 Å². The van der Waals surface area contributed by atoms with Crippen molar-refractivity contribution in [2.75, 3.05) is 7.05 Å². The normalized spacial score (nSPS) is 12.8. The topological polar surface area (TPSA) is 25.2 Å². The van der Waals surface area contributed by atoms with E-state index in [2.05, 4.69) is 23.5 Å². The Bertz CT molecular complexity index is 748. The van der Waals surface area contributed by atoms with Crippen LogP contribution in [0.25, 0.3) is 10.8 Å². The first-order chi connectivity index (χ1) is 9.72. The van der Waals surface area contributed by atoms with Gasteiger partial charge in [0.2, 0.25) is 0 Å². The Hall–Kier alpha value is -1.77. The Morgan fingerprint density at radius 1 is 1.00 bits per heavy atom. The van der Waals surface area contributed by atoms with Gasteiger partial charge in [-0.2, -0.15) is 0 Å². The number of hydrogen-bond acceptors (Lipinski definition) is 2. The smallest absolute Gasteiger partial charge is 0.105 e. The maximum Gasteiger partial charge on any atom is 0.105 e. The van der Waals surface area contributed by atoms with Crippen LogP contribution in [0.2, 0.25) is 5.02 Å². The fraction of sp³-hybridized carbons (Fsp3) is 0.176. The van der Waals surface area contributed by atoms with Crippen LogP contribution in [0.1, 0.15) is 22.9 Å². The molecule has 0 radical (unpaired) electrons. The van der Waals surface area contributed by atoms with Gasteiger partial charge in [0, 0.05) is 16.0 Å². The molecule has 1 atom stereocenters. The molecule has 0 amide bonds. The summed E-state index contributed by atoms with van der Waals surface area (Å²) in [7, 11) is 1.96. The van der Waals surface area contributed by atoms with Crippen LogP contribution in [0.5, 0.6) is 0 Å². The molecule has 0 aliphatic heterocycles. The Morgan fingerprint density at radius 2 is 1.75 bits per heavy atom. The van der Waals surface area contributed by atoms with E-state index in [1.165, 1.54) is 10.9 Å². The van der Waals surface area contributed by atoms with Gasteiger partial charge in [-0.3, -0.25) is 0 Å². The van der Waals surface area contributed by atoms with Crippen molar-refractivity contribution in [2.24, 2.45) is 0 Å². The lowest BCUT2D eigenvalue weighted by molar-refractivity contribution is 0.523. The molecule has 3 heteroatoms. The summed E-state index contributed by atoms with van der Waals surface area (Å²) in [6, 6.07) is 14.4. The minimum absolute atomic E-state index is 0.0934. The number of aryl methyl sites for hydroxylation is 1. The quantitative estimate of drug-likeness (QED) is 0.754. The number of hydrogen-bond donors (Lipinski definition) is 1. The van der Waals surface area contributed by atoms with Crippen LogP contribution >= 0.6 is 11.6 Å². The zero-order chi connectivity index (χ0) is 14.1. The SMILES string of the molecule is CNC(c1ccoc1C)c1ccc(Cl)c2ccccc12. The van der Waals surface area contributed by atoms with E-state index in [0.717, 1.165) is 21.7 Å². The van der Waals surface area contributed by atoms with Crippen LogP contribution in [-0.4, -0.2) is 7.05 Å². The monoisotopic (exact) mass is 285 g/mol. The van der Waals surface area contributed by atoms with E-state index in [1.807, 2.05) is 38.2 Å². The molecular formula is C17H16ClNO. The number of benzene rings is 2. The largest absolute Gasteiger partial charge is 0.469 e. The zero-order valence-corrected chi connectivity index (χ0v) is 12.2. The molecule has 0 aliphatic rings. The van der Waals surface area contributed by atoms with Crippen molar-refractivity contribution >= 4 is 22.4 Å². The van der Waals surface area contributed by atoms with Gasteiger partial charge in [-0.25, -0.2) is 0 Å². The molecular weight excluding hydrogens is 270 g/mol. The van der Waals surface area contributed by atoms with E-state index in [9.17, 15) is 0 Å². The van der Waals surface area contributed by atoms with Crippen LogP contribution in [0.15, 0.2) is 53.1 Å². The second-order valence-electron chi connectivity index (χ2n) is 4.84. The summed E-state index contributed by atoms with van der Waals surface area (Å²) < 4.78 is 5.44. The van der Waals surface area contributed by atoms with E-state index in [0.29, 0.717) is 0 Å². The summed E-state index contributed by atoms with van der Waals surface area (Å²) in [6.45, 7) is 1.98. The minimum atomic E-state index is 0.0934. The zero-order valence-electron chi connectivity index (χ0n) is 11.5. The van der Waals surface area contributed by atoms with Crippen molar-refractivity contribution in [1.82, 2.24) is 5.32 Å². The van der Waals surface area contributed by atoms with E-state index in [1.54, 1.807) is 6.26 Å². The lowest BCUT2D eigenvalue weighted by Crippen LogP contribution is -2.18. The van der Waals surface area contributed by atoms with Gasteiger partial charge in [0.15, 0.2) is 0 Å². The van der Waals surface area contributed by atoms with Crippen molar-refractivity contribution in [3.8, 4) is 0 Å². The van der Waals surface area contributed by atoms with Crippen molar-refractivity contribution in [2.45, 2.75) is 13.0 Å². The average Bonchev–Trinajstić information content (AvgIpc) is 2.89. The van der Waals surface area contributed by atoms with Crippen molar-refractivity contribution in [3.63, 3.8) is 0 Å². The van der Waals surface area contributed by atoms with Crippen LogP contribution < -0.4 is 5.32 Å². The summed E-state index contributed by atoms with van der Waals surface area (Å²) in [4.78, 5) is 0. The molecule has 1 aromatic heterocycles. The van der Waals surface area contributed by atoms with Gasteiger partial charge in [0.1, 0.15) is 5.76 Å². The molecule has 0 bridgehead atoms. The average molecular weight is 286 g/mol. The predicted octanol–water partition coefficient (Wildman–Crippen LogP) is 4.70. The first kappa shape index (κ1) is 13.2. The Morgan fingerprint density at radius 3 is 2.40 bits per heavy atom. The second kappa shape index (κ2) is 5.31. The van der Waals surface area contributed by atoms with E-state index >= 15 is 0 Å². The fourth-order valence-electron chi connectivity index (χ4n) is 2.71. The molecule has 1 N–H and O–H groups in total. The van der Waals surface area contributed by atoms with Gasteiger partial charge in [-0.1, -0.05) is 41.9 Å².